The second kappa shape index (κ2) is 2.53. The first kappa shape index (κ1) is 7.18. The molecule has 2 unspecified atom stereocenters. The van der Waals surface area contributed by atoms with Crippen molar-refractivity contribution >= 4 is 0 Å². The van der Waals surface area contributed by atoms with Gasteiger partial charge in [-0.1, -0.05) is 5.92 Å². The Hall–Kier alpha value is -0.480. The highest BCUT2D eigenvalue weighted by molar-refractivity contribution is 5.08. The Morgan fingerprint density at radius 1 is 1.36 bits per heavy atom. The summed E-state index contributed by atoms with van der Waals surface area (Å²) in [5.41, 5.74) is 0. The highest BCUT2D eigenvalue weighted by Crippen LogP contribution is 2.45. The number of piperidine rings is 1. The number of nitrogens with zero attached hydrogens (tertiary/aromatic N) is 1. The second-order valence-corrected chi connectivity index (χ2v) is 3.78. The molecule has 2 fully saturated rings. The Kier molecular flexibility index (Phi) is 1.65. The van der Waals surface area contributed by atoms with Crippen molar-refractivity contribution < 1.29 is 0 Å². The zero-order valence-electron chi connectivity index (χ0n) is 7.30. The highest BCUT2D eigenvalue weighted by Gasteiger charge is 2.45. The smallest absolute Gasteiger partial charge is 0.0686 e. The molecule has 0 aromatic rings. The molecule has 1 nitrogen and oxygen atoms in total. The van der Waals surface area contributed by atoms with Gasteiger partial charge in [-0.2, -0.15) is 0 Å². The lowest BCUT2D eigenvalue weighted by molar-refractivity contribution is 0.276. The number of rotatable bonds is 1. The van der Waals surface area contributed by atoms with E-state index in [9.17, 15) is 0 Å². The molecule has 0 aromatic heterocycles. The summed E-state index contributed by atoms with van der Waals surface area (Å²) in [6.07, 6.45) is 1.49. The van der Waals surface area contributed by atoms with E-state index in [1.165, 1.54) is 19.5 Å². The van der Waals surface area contributed by atoms with Crippen LogP contribution in [0.25, 0.3) is 0 Å². The maximum Gasteiger partial charge on any atom is 0.0686 e. The van der Waals surface area contributed by atoms with Gasteiger partial charge in [0.15, 0.2) is 0 Å². The van der Waals surface area contributed by atoms with Crippen LogP contribution >= 0.6 is 0 Å². The molecule has 2 rings (SSSR count). The molecule has 2 aliphatic rings. The van der Waals surface area contributed by atoms with E-state index in [0.717, 1.165) is 11.8 Å². The summed E-state index contributed by atoms with van der Waals surface area (Å²) >= 11 is 0. The van der Waals surface area contributed by atoms with E-state index in [-0.39, 0.29) is 0 Å². The van der Waals surface area contributed by atoms with Crippen molar-refractivity contribution in [1.82, 2.24) is 4.90 Å². The second-order valence-electron chi connectivity index (χ2n) is 3.78. The van der Waals surface area contributed by atoms with Gasteiger partial charge in [-0.05, 0) is 32.1 Å². The van der Waals surface area contributed by atoms with Crippen LogP contribution in [0.3, 0.4) is 0 Å². The largest absolute Gasteiger partial charge is 0.289 e. The van der Waals surface area contributed by atoms with Crippen molar-refractivity contribution in [3.05, 3.63) is 0 Å². The average molecular weight is 149 g/mol. The fourth-order valence-corrected chi connectivity index (χ4v) is 2.05. The SMILES string of the molecule is CC#C[C@H](C)N1CC2CC2C1. The normalized spacial score (nSPS) is 37.3. The van der Waals surface area contributed by atoms with Crippen LogP contribution in [0.4, 0.5) is 0 Å². The van der Waals surface area contributed by atoms with E-state index in [1.54, 1.807) is 0 Å². The van der Waals surface area contributed by atoms with Crippen molar-refractivity contribution in [3.8, 4) is 11.8 Å². The predicted octanol–water partition coefficient (Wildman–Crippen LogP) is 1.35. The predicted molar refractivity (Wildman–Crippen MR) is 46.1 cm³/mol. The van der Waals surface area contributed by atoms with Crippen molar-refractivity contribution in [3.63, 3.8) is 0 Å². The summed E-state index contributed by atoms with van der Waals surface area (Å²) < 4.78 is 0. The summed E-state index contributed by atoms with van der Waals surface area (Å²) in [6, 6.07) is 0.493. The highest BCUT2D eigenvalue weighted by atomic mass is 15.2. The molecular formula is C10H15N. The third kappa shape index (κ3) is 1.28. The molecule has 1 aliphatic heterocycles. The van der Waals surface area contributed by atoms with Gasteiger partial charge in [-0.25, -0.2) is 0 Å². The van der Waals surface area contributed by atoms with E-state index < -0.39 is 0 Å². The van der Waals surface area contributed by atoms with E-state index in [4.69, 9.17) is 0 Å². The Morgan fingerprint density at radius 3 is 2.55 bits per heavy atom. The number of likely N-dealkylation sites (tertiary alicyclic amines) is 1. The maximum atomic E-state index is 3.20. The summed E-state index contributed by atoms with van der Waals surface area (Å²) in [5, 5.41) is 0. The van der Waals surface area contributed by atoms with Crippen LogP contribution in [0.2, 0.25) is 0 Å². The summed E-state index contributed by atoms with van der Waals surface area (Å²) in [7, 11) is 0. The third-order valence-electron chi connectivity index (χ3n) is 2.91. The fourth-order valence-electron chi connectivity index (χ4n) is 2.05. The van der Waals surface area contributed by atoms with Gasteiger partial charge in [0.05, 0.1) is 6.04 Å². The first-order valence-corrected chi connectivity index (χ1v) is 4.47. The standard InChI is InChI=1S/C10H15N/c1-3-4-8(2)11-6-9-5-10(9)7-11/h8-10H,5-7H2,1-2H3/t8-,9?,10?/m0/s1. The minimum absolute atomic E-state index is 0.493. The fraction of sp³-hybridized carbons (Fsp3) is 0.800. The Bertz CT molecular complexity index is 201. The van der Waals surface area contributed by atoms with Crippen LogP contribution in [0.1, 0.15) is 20.3 Å². The van der Waals surface area contributed by atoms with Crippen LogP contribution in [-0.2, 0) is 0 Å². The van der Waals surface area contributed by atoms with Gasteiger partial charge in [-0.3, -0.25) is 4.90 Å². The number of hydrogen-bond acceptors (Lipinski definition) is 1. The molecule has 1 heteroatoms. The van der Waals surface area contributed by atoms with Crippen LogP contribution in [0.15, 0.2) is 0 Å². The van der Waals surface area contributed by atoms with Gasteiger partial charge in [-0.15, -0.1) is 5.92 Å². The van der Waals surface area contributed by atoms with Gasteiger partial charge >= 0.3 is 0 Å². The van der Waals surface area contributed by atoms with Gasteiger partial charge in [0, 0.05) is 13.1 Å². The summed E-state index contributed by atoms with van der Waals surface area (Å²) in [5.74, 6) is 8.26. The van der Waals surface area contributed by atoms with Crippen LogP contribution in [-0.4, -0.2) is 24.0 Å². The van der Waals surface area contributed by atoms with Gasteiger partial charge in [0.1, 0.15) is 0 Å². The van der Waals surface area contributed by atoms with E-state index >= 15 is 0 Å². The molecule has 3 atom stereocenters. The van der Waals surface area contributed by atoms with E-state index in [1.807, 2.05) is 6.92 Å². The zero-order valence-corrected chi connectivity index (χ0v) is 7.30. The van der Waals surface area contributed by atoms with Crippen molar-refractivity contribution in [2.75, 3.05) is 13.1 Å². The quantitative estimate of drug-likeness (QED) is 0.509. The Morgan fingerprint density at radius 2 is 2.00 bits per heavy atom. The van der Waals surface area contributed by atoms with Gasteiger partial charge < -0.3 is 0 Å². The summed E-state index contributed by atoms with van der Waals surface area (Å²) in [4.78, 5) is 2.51. The lowest BCUT2D eigenvalue weighted by Gasteiger charge is -2.20. The first-order chi connectivity index (χ1) is 5.31. The lowest BCUT2D eigenvalue weighted by atomic mass is 10.3. The first-order valence-electron chi connectivity index (χ1n) is 4.47. The molecular weight excluding hydrogens is 134 g/mol. The maximum absolute atomic E-state index is 3.20. The molecule has 0 spiro atoms. The minimum Gasteiger partial charge on any atom is -0.289 e. The molecule has 0 aromatic carbocycles. The molecule has 1 saturated heterocycles. The van der Waals surface area contributed by atoms with E-state index in [2.05, 4.69) is 23.7 Å². The molecule has 0 amide bonds. The molecule has 0 bridgehead atoms. The average Bonchev–Trinajstić information content (AvgIpc) is 2.59. The third-order valence-corrected chi connectivity index (χ3v) is 2.91. The molecule has 11 heavy (non-hydrogen) atoms. The zero-order chi connectivity index (χ0) is 7.84. The van der Waals surface area contributed by atoms with Crippen LogP contribution in [0, 0.1) is 23.7 Å². The number of fused-ring (bicyclic) bond motifs is 1. The van der Waals surface area contributed by atoms with Crippen molar-refractivity contribution in [2.45, 2.75) is 26.3 Å². The summed E-state index contributed by atoms with van der Waals surface area (Å²) in [6.45, 7) is 6.75. The molecule has 60 valence electrons. The molecule has 0 radical (unpaired) electrons. The molecule has 1 saturated carbocycles. The topological polar surface area (TPSA) is 3.24 Å². The Balaban J connectivity index is 1.89. The Labute approximate surface area is 68.8 Å². The van der Waals surface area contributed by atoms with Crippen LogP contribution < -0.4 is 0 Å². The molecule has 1 heterocycles. The van der Waals surface area contributed by atoms with E-state index in [0.29, 0.717) is 6.04 Å². The lowest BCUT2D eigenvalue weighted by Crippen LogP contribution is -2.31. The molecule has 1 aliphatic carbocycles. The molecule has 0 N–H and O–H groups in total. The number of hydrogen-bond donors (Lipinski definition) is 0. The van der Waals surface area contributed by atoms with Crippen LogP contribution in [0.5, 0.6) is 0 Å². The minimum atomic E-state index is 0.493. The monoisotopic (exact) mass is 149 g/mol. The van der Waals surface area contributed by atoms with Crippen molar-refractivity contribution in [2.24, 2.45) is 11.8 Å². The van der Waals surface area contributed by atoms with Gasteiger partial charge in [0.2, 0.25) is 0 Å². The van der Waals surface area contributed by atoms with Gasteiger partial charge in [0.25, 0.3) is 0 Å². The van der Waals surface area contributed by atoms with Crippen molar-refractivity contribution in [1.29, 1.82) is 0 Å².